The highest BCUT2D eigenvalue weighted by Crippen LogP contribution is 2.23. The summed E-state index contributed by atoms with van der Waals surface area (Å²) in [5.41, 5.74) is 5.50. The maximum Gasteiger partial charge on any atom is 0.240 e. The Balaban J connectivity index is 2.30. The van der Waals surface area contributed by atoms with Crippen molar-refractivity contribution >= 4 is 5.95 Å². The van der Waals surface area contributed by atoms with Gasteiger partial charge in [-0.25, -0.2) is 10.8 Å². The van der Waals surface area contributed by atoms with Crippen LogP contribution in [0.5, 0.6) is 11.6 Å². The largest absolute Gasteiger partial charge is 0.439 e. The zero-order valence-electron chi connectivity index (χ0n) is 10.7. The molecule has 0 radical (unpaired) electrons. The molecule has 0 spiro atoms. The molecule has 3 N–H and O–H groups in total. The Hall–Kier alpha value is -2.14. The van der Waals surface area contributed by atoms with Crippen molar-refractivity contribution in [3.63, 3.8) is 0 Å². The summed E-state index contributed by atoms with van der Waals surface area (Å²) < 4.78 is 5.72. The topological polar surface area (TPSA) is 73.1 Å². The lowest BCUT2D eigenvalue weighted by Gasteiger charge is -2.08. The number of hydrazine groups is 1. The Labute approximate surface area is 106 Å². The normalized spacial score (nSPS) is 10.2. The molecule has 1 heterocycles. The van der Waals surface area contributed by atoms with Crippen LogP contribution in [0.25, 0.3) is 0 Å². The molecular weight excluding hydrogens is 228 g/mol. The maximum absolute atomic E-state index is 5.72. The summed E-state index contributed by atoms with van der Waals surface area (Å²) in [7, 11) is 0. The number of aryl methyl sites for hydroxylation is 3. The Morgan fingerprint density at radius 3 is 2.28 bits per heavy atom. The molecule has 0 atom stereocenters. The molecule has 0 amide bonds. The van der Waals surface area contributed by atoms with E-state index in [4.69, 9.17) is 10.6 Å². The van der Waals surface area contributed by atoms with Crippen molar-refractivity contribution in [1.82, 2.24) is 9.97 Å². The molecule has 5 heteroatoms. The summed E-state index contributed by atoms with van der Waals surface area (Å²) in [4.78, 5) is 8.24. The summed E-state index contributed by atoms with van der Waals surface area (Å²) in [6, 6.07) is 7.77. The van der Waals surface area contributed by atoms with E-state index in [0.717, 1.165) is 22.6 Å². The summed E-state index contributed by atoms with van der Waals surface area (Å²) in [6.07, 6.45) is 0. The van der Waals surface area contributed by atoms with Gasteiger partial charge in [0, 0.05) is 11.8 Å². The number of hydrogen-bond acceptors (Lipinski definition) is 5. The second-order valence-corrected chi connectivity index (χ2v) is 4.24. The molecule has 0 aliphatic carbocycles. The summed E-state index contributed by atoms with van der Waals surface area (Å²) in [5.74, 6) is 6.87. The molecule has 18 heavy (non-hydrogen) atoms. The molecule has 5 nitrogen and oxygen atoms in total. The first-order valence-electron chi connectivity index (χ1n) is 5.65. The number of hydrogen-bond donors (Lipinski definition) is 2. The molecule has 0 fully saturated rings. The zero-order chi connectivity index (χ0) is 13.1. The van der Waals surface area contributed by atoms with Gasteiger partial charge in [-0.3, -0.25) is 5.43 Å². The van der Waals surface area contributed by atoms with Gasteiger partial charge in [-0.1, -0.05) is 6.07 Å². The zero-order valence-corrected chi connectivity index (χ0v) is 10.7. The van der Waals surface area contributed by atoms with Crippen molar-refractivity contribution in [2.45, 2.75) is 20.8 Å². The summed E-state index contributed by atoms with van der Waals surface area (Å²) >= 11 is 0. The maximum atomic E-state index is 5.72. The van der Waals surface area contributed by atoms with Gasteiger partial charge in [0.05, 0.1) is 0 Å². The van der Waals surface area contributed by atoms with Crippen LogP contribution in [0.15, 0.2) is 24.3 Å². The minimum absolute atomic E-state index is 0.342. The van der Waals surface area contributed by atoms with E-state index in [9.17, 15) is 0 Å². The van der Waals surface area contributed by atoms with E-state index in [2.05, 4.69) is 21.5 Å². The molecule has 1 aromatic heterocycles. The van der Waals surface area contributed by atoms with Gasteiger partial charge in [-0.2, -0.15) is 4.98 Å². The van der Waals surface area contributed by atoms with Crippen LogP contribution in [0.3, 0.4) is 0 Å². The van der Waals surface area contributed by atoms with Crippen molar-refractivity contribution in [1.29, 1.82) is 0 Å². The van der Waals surface area contributed by atoms with Gasteiger partial charge in [0.1, 0.15) is 5.75 Å². The lowest BCUT2D eigenvalue weighted by Crippen LogP contribution is -2.11. The first kappa shape index (κ1) is 12.3. The van der Waals surface area contributed by atoms with E-state index in [1.54, 1.807) is 6.07 Å². The van der Waals surface area contributed by atoms with Crippen LogP contribution >= 0.6 is 0 Å². The van der Waals surface area contributed by atoms with Crippen LogP contribution < -0.4 is 16.0 Å². The number of anilines is 1. The minimum Gasteiger partial charge on any atom is -0.439 e. The molecule has 2 rings (SSSR count). The second-order valence-electron chi connectivity index (χ2n) is 4.24. The Bertz CT molecular complexity index is 549. The summed E-state index contributed by atoms with van der Waals surface area (Å²) in [6.45, 7) is 5.91. The lowest BCUT2D eigenvalue weighted by molar-refractivity contribution is 0.461. The van der Waals surface area contributed by atoms with Crippen LogP contribution in [0.1, 0.15) is 16.8 Å². The molecular formula is C13H16N4O. The third-order valence-corrected chi connectivity index (χ3v) is 2.38. The predicted octanol–water partition coefficient (Wildman–Crippen LogP) is 2.48. The van der Waals surface area contributed by atoms with E-state index in [-0.39, 0.29) is 0 Å². The summed E-state index contributed by atoms with van der Waals surface area (Å²) in [5, 5.41) is 0. The number of aromatic nitrogens is 2. The highest BCUT2D eigenvalue weighted by Gasteiger charge is 2.04. The van der Waals surface area contributed by atoms with E-state index in [1.807, 2.05) is 32.9 Å². The molecule has 1 aromatic carbocycles. The Kier molecular flexibility index (Phi) is 3.43. The van der Waals surface area contributed by atoms with Crippen molar-refractivity contribution in [3.05, 3.63) is 41.1 Å². The minimum atomic E-state index is 0.342. The van der Waals surface area contributed by atoms with Crippen molar-refractivity contribution in [2.24, 2.45) is 5.84 Å². The fraction of sp³-hybridized carbons (Fsp3) is 0.231. The molecule has 94 valence electrons. The number of benzene rings is 1. The Morgan fingerprint density at radius 1 is 1.00 bits per heavy atom. The van der Waals surface area contributed by atoms with Gasteiger partial charge in [-0.05, 0) is 44.0 Å². The molecule has 0 bridgehead atoms. The number of nitrogen functional groups attached to an aromatic ring is 1. The first-order chi connectivity index (χ1) is 8.56. The van der Waals surface area contributed by atoms with Crippen LogP contribution in [-0.2, 0) is 0 Å². The van der Waals surface area contributed by atoms with Gasteiger partial charge in [0.25, 0.3) is 0 Å². The van der Waals surface area contributed by atoms with Crippen LogP contribution in [0, 0.1) is 20.8 Å². The lowest BCUT2D eigenvalue weighted by atomic mass is 10.1. The third-order valence-electron chi connectivity index (χ3n) is 2.38. The molecule has 2 aromatic rings. The molecule has 0 aliphatic rings. The van der Waals surface area contributed by atoms with Gasteiger partial charge >= 0.3 is 0 Å². The highest BCUT2D eigenvalue weighted by atomic mass is 16.5. The van der Waals surface area contributed by atoms with E-state index >= 15 is 0 Å². The number of nitrogens with one attached hydrogen (secondary N) is 1. The van der Waals surface area contributed by atoms with Crippen molar-refractivity contribution in [2.75, 3.05) is 5.43 Å². The number of ether oxygens (including phenoxy) is 1. The van der Waals surface area contributed by atoms with Crippen molar-refractivity contribution < 1.29 is 4.74 Å². The molecule has 0 unspecified atom stereocenters. The van der Waals surface area contributed by atoms with Crippen LogP contribution in [0.2, 0.25) is 0 Å². The van der Waals surface area contributed by atoms with Crippen LogP contribution in [0.4, 0.5) is 5.95 Å². The third kappa shape index (κ3) is 2.95. The first-order valence-corrected chi connectivity index (χ1v) is 5.65. The molecule has 0 saturated heterocycles. The fourth-order valence-electron chi connectivity index (χ4n) is 1.77. The van der Waals surface area contributed by atoms with E-state index < -0.39 is 0 Å². The quantitative estimate of drug-likeness (QED) is 0.641. The number of rotatable bonds is 3. The van der Waals surface area contributed by atoms with Crippen molar-refractivity contribution in [3.8, 4) is 11.6 Å². The monoisotopic (exact) mass is 244 g/mol. The Morgan fingerprint density at radius 2 is 1.67 bits per heavy atom. The number of nitrogens with zero attached hydrogens (tertiary/aromatic N) is 2. The predicted molar refractivity (Wildman–Crippen MR) is 70.6 cm³/mol. The average Bonchev–Trinajstić information content (AvgIpc) is 2.26. The van der Waals surface area contributed by atoms with Gasteiger partial charge in [0.2, 0.25) is 11.8 Å². The standard InChI is InChI=1S/C13H16N4O/c1-8-4-9(2)6-11(5-8)18-12-7-10(3)15-13(16-12)17-14/h4-7H,14H2,1-3H3,(H,15,16,17). The number of nitrogens with two attached hydrogens (primary N) is 1. The molecule has 0 saturated carbocycles. The fourth-order valence-corrected chi connectivity index (χ4v) is 1.77. The van der Waals surface area contributed by atoms with E-state index in [0.29, 0.717) is 11.8 Å². The van der Waals surface area contributed by atoms with Gasteiger partial charge in [0.15, 0.2) is 0 Å². The van der Waals surface area contributed by atoms with E-state index in [1.165, 1.54) is 0 Å². The smallest absolute Gasteiger partial charge is 0.240 e. The SMILES string of the molecule is Cc1cc(C)cc(Oc2cc(C)nc(NN)n2)c1. The van der Waals surface area contributed by atoms with Crippen LogP contribution in [-0.4, -0.2) is 9.97 Å². The molecule has 0 aliphatic heterocycles. The van der Waals surface area contributed by atoms with Gasteiger partial charge in [-0.15, -0.1) is 0 Å². The average molecular weight is 244 g/mol. The second kappa shape index (κ2) is 5.01. The van der Waals surface area contributed by atoms with Gasteiger partial charge < -0.3 is 4.74 Å². The highest BCUT2D eigenvalue weighted by molar-refractivity contribution is 5.37.